The van der Waals surface area contributed by atoms with E-state index in [-0.39, 0.29) is 0 Å². The molecular weight excluding hydrogens is 180 g/mol. The molecule has 3 aromatic rings. The van der Waals surface area contributed by atoms with E-state index < -0.39 is 11.0 Å². The first-order valence-corrected chi connectivity index (χ1v) is 4.12. The van der Waals surface area contributed by atoms with Crippen LogP contribution in [0.1, 0.15) is 0 Å². The summed E-state index contributed by atoms with van der Waals surface area (Å²) in [6.07, 6.45) is 1.63. The molecule has 0 spiro atoms. The van der Waals surface area contributed by atoms with Gasteiger partial charge >= 0.3 is 5.56 Å². The number of rotatable bonds is 0. The molecule has 0 N–H and O–H groups in total. The van der Waals surface area contributed by atoms with Crippen LogP contribution >= 0.6 is 0 Å². The molecule has 66 valence electrons. The van der Waals surface area contributed by atoms with Crippen LogP contribution in [0.15, 0.2) is 34.0 Å². The lowest BCUT2D eigenvalue weighted by atomic mass is 10.2. The highest BCUT2D eigenvalue weighted by atomic mass is 16.2. The molecule has 2 heterocycles. The van der Waals surface area contributed by atoms with Crippen LogP contribution in [-0.4, -0.2) is 9.97 Å². The maximum absolute atomic E-state index is 11.3. The van der Waals surface area contributed by atoms with Crippen LogP contribution in [-0.2, 0) is 0 Å². The molecule has 3 rings (SSSR count). The topological polar surface area (TPSA) is 59.9 Å². The number of benzene rings is 1. The van der Waals surface area contributed by atoms with E-state index in [1.807, 2.05) is 0 Å². The maximum atomic E-state index is 11.3. The van der Waals surface area contributed by atoms with Gasteiger partial charge in [-0.05, 0) is 18.2 Å². The van der Waals surface area contributed by atoms with Crippen LogP contribution in [0.4, 0.5) is 0 Å². The summed E-state index contributed by atoms with van der Waals surface area (Å²) < 4.78 is 0. The number of aromatic nitrogens is 2. The minimum Gasteiger partial charge on any atom is -0.283 e. The highest BCUT2D eigenvalue weighted by Gasteiger charge is 2.10. The lowest BCUT2D eigenvalue weighted by molar-refractivity contribution is 1.34. The van der Waals surface area contributed by atoms with Crippen molar-refractivity contribution in [1.82, 2.24) is 9.97 Å². The van der Waals surface area contributed by atoms with Gasteiger partial charge in [0.15, 0.2) is 0 Å². The molecule has 4 heteroatoms. The molecule has 1 aromatic carbocycles. The van der Waals surface area contributed by atoms with Gasteiger partial charge in [0.2, 0.25) is 0 Å². The Morgan fingerprint density at radius 3 is 2.71 bits per heavy atom. The van der Waals surface area contributed by atoms with E-state index in [0.29, 0.717) is 10.9 Å². The minimum atomic E-state index is -0.686. The Morgan fingerprint density at radius 2 is 1.86 bits per heavy atom. The molecule has 0 unspecified atom stereocenters. The second-order valence-corrected chi connectivity index (χ2v) is 3.09. The highest BCUT2D eigenvalue weighted by Crippen LogP contribution is 2.19. The Kier molecular flexibility index (Phi) is 1.16. The van der Waals surface area contributed by atoms with Gasteiger partial charge in [0.05, 0.1) is 16.4 Å². The fourth-order valence-electron chi connectivity index (χ4n) is 1.64. The van der Waals surface area contributed by atoms with Gasteiger partial charge in [-0.2, -0.15) is 0 Å². The van der Waals surface area contributed by atoms with Crippen molar-refractivity contribution in [2.75, 3.05) is 0 Å². The van der Waals surface area contributed by atoms with Gasteiger partial charge in [0.1, 0.15) is 0 Å². The molecule has 0 aliphatic heterocycles. The third-order valence-electron chi connectivity index (χ3n) is 2.30. The van der Waals surface area contributed by atoms with Gasteiger partial charge in [0, 0.05) is 11.6 Å². The second-order valence-electron chi connectivity index (χ2n) is 3.09. The molecule has 0 atom stereocenters. The van der Waals surface area contributed by atoms with E-state index in [1.165, 1.54) is 0 Å². The van der Waals surface area contributed by atoms with Crippen molar-refractivity contribution in [3.63, 3.8) is 0 Å². The number of hydrogen-bond donors (Lipinski definition) is 0. The zero-order valence-corrected chi connectivity index (χ0v) is 7.02. The molecule has 0 radical (unpaired) electrons. The summed E-state index contributed by atoms with van der Waals surface area (Å²) in [5.74, 6) is 0. The van der Waals surface area contributed by atoms with E-state index in [0.717, 1.165) is 10.9 Å². The molecular formula is C10H4N2O2. The van der Waals surface area contributed by atoms with E-state index in [1.54, 1.807) is 24.4 Å². The molecule has 0 saturated carbocycles. The number of hydrogen-bond acceptors (Lipinski definition) is 4. The predicted molar refractivity (Wildman–Crippen MR) is 52.0 cm³/mol. The van der Waals surface area contributed by atoms with Crippen molar-refractivity contribution in [2.24, 2.45) is 0 Å². The minimum absolute atomic E-state index is 0.385. The van der Waals surface area contributed by atoms with Crippen molar-refractivity contribution in [2.45, 2.75) is 0 Å². The van der Waals surface area contributed by atoms with E-state index in [2.05, 4.69) is 9.97 Å². The molecule has 0 fully saturated rings. The standard InChI is InChI=1S/C10H4N2O2/c13-9-6-1-2-7-5(3-4-11-7)8(6)12-10(9)14/h1-4H. The Bertz CT molecular complexity index is 724. The van der Waals surface area contributed by atoms with Crippen molar-refractivity contribution >= 4 is 21.8 Å². The lowest BCUT2D eigenvalue weighted by Crippen LogP contribution is -2.18. The molecule has 0 bridgehead atoms. The first-order chi connectivity index (χ1) is 6.77. The van der Waals surface area contributed by atoms with Crippen LogP contribution in [0.25, 0.3) is 21.8 Å². The van der Waals surface area contributed by atoms with Gasteiger partial charge in [0.25, 0.3) is 5.43 Å². The monoisotopic (exact) mass is 184 g/mol. The Morgan fingerprint density at radius 1 is 1.00 bits per heavy atom. The second kappa shape index (κ2) is 2.23. The summed E-state index contributed by atoms with van der Waals surface area (Å²) in [5.41, 5.74) is 0.0156. The highest BCUT2D eigenvalue weighted by molar-refractivity contribution is 6.04. The summed E-state index contributed by atoms with van der Waals surface area (Å²) in [6, 6.07) is 5.07. The molecule has 2 aromatic heterocycles. The third kappa shape index (κ3) is 0.724. The van der Waals surface area contributed by atoms with Crippen LogP contribution in [0.2, 0.25) is 0 Å². The fraction of sp³-hybridized carbons (Fsp3) is 0. The molecule has 14 heavy (non-hydrogen) atoms. The van der Waals surface area contributed by atoms with Crippen LogP contribution in [0.3, 0.4) is 0 Å². The Labute approximate surface area is 77.5 Å². The van der Waals surface area contributed by atoms with E-state index in [4.69, 9.17) is 0 Å². The van der Waals surface area contributed by atoms with Gasteiger partial charge in [-0.25, -0.2) is 4.98 Å². The van der Waals surface area contributed by atoms with Crippen molar-refractivity contribution < 1.29 is 0 Å². The zero-order chi connectivity index (χ0) is 9.71. The molecule has 0 aliphatic carbocycles. The normalized spacial score (nSPS) is 11.4. The van der Waals surface area contributed by atoms with Gasteiger partial charge in [-0.1, -0.05) is 0 Å². The molecule has 0 saturated heterocycles. The smallest absolute Gasteiger partial charge is 0.283 e. The summed E-state index contributed by atoms with van der Waals surface area (Å²) in [7, 11) is 0. The predicted octanol–water partition coefficient (Wildman–Crippen LogP) is 0.379. The fourth-order valence-corrected chi connectivity index (χ4v) is 1.64. The Hall–Kier alpha value is -2.10. The largest absolute Gasteiger partial charge is 0.318 e. The van der Waals surface area contributed by atoms with Crippen molar-refractivity contribution in [3.05, 3.63) is 45.0 Å². The van der Waals surface area contributed by atoms with Crippen LogP contribution in [0.5, 0.6) is 0 Å². The van der Waals surface area contributed by atoms with E-state index >= 15 is 0 Å². The average Bonchev–Trinajstić information content (AvgIpc) is 2.73. The summed E-state index contributed by atoms with van der Waals surface area (Å²) in [5, 5.41) is 1.15. The third-order valence-corrected chi connectivity index (χ3v) is 2.30. The first-order valence-electron chi connectivity index (χ1n) is 4.12. The van der Waals surface area contributed by atoms with E-state index in [9.17, 15) is 9.59 Å². The lowest BCUT2D eigenvalue weighted by Gasteiger charge is -1.88. The zero-order valence-electron chi connectivity index (χ0n) is 7.02. The summed E-state index contributed by atoms with van der Waals surface area (Å²) in [4.78, 5) is 30.1. The van der Waals surface area contributed by atoms with Gasteiger partial charge < -0.3 is 0 Å². The number of fused-ring (bicyclic) bond motifs is 3. The molecule has 4 nitrogen and oxygen atoms in total. The van der Waals surface area contributed by atoms with Crippen LogP contribution in [0, 0.1) is 0 Å². The van der Waals surface area contributed by atoms with Gasteiger partial charge in [-0.15, -0.1) is 0 Å². The quantitative estimate of drug-likeness (QED) is 0.474. The summed E-state index contributed by atoms with van der Waals surface area (Å²) in [6.45, 7) is 0. The SMILES string of the molecule is O=c1nc2c(ccc3nccc32)c1=O. The first kappa shape index (κ1) is 7.32. The van der Waals surface area contributed by atoms with Crippen molar-refractivity contribution in [1.29, 1.82) is 0 Å². The summed E-state index contributed by atoms with van der Waals surface area (Å²) >= 11 is 0. The average molecular weight is 184 g/mol. The molecule has 0 aliphatic rings. The maximum Gasteiger partial charge on any atom is 0.318 e. The van der Waals surface area contributed by atoms with Gasteiger partial charge in [-0.3, -0.25) is 14.6 Å². The van der Waals surface area contributed by atoms with Crippen LogP contribution < -0.4 is 11.0 Å². The Balaban J connectivity index is 2.78. The molecule has 0 amide bonds. The van der Waals surface area contributed by atoms with Crippen molar-refractivity contribution in [3.8, 4) is 0 Å². The number of nitrogens with zero attached hydrogens (tertiary/aromatic N) is 2.